The molecule has 1 saturated heterocycles. The summed E-state index contributed by atoms with van der Waals surface area (Å²) in [7, 11) is 0. The summed E-state index contributed by atoms with van der Waals surface area (Å²) < 4.78 is 0. The predicted molar refractivity (Wildman–Crippen MR) is 60.1 cm³/mol. The molecular formula is C11H20N2O3. The molecule has 1 aliphatic heterocycles. The molecule has 0 radical (unpaired) electrons. The number of hydrogen-bond acceptors (Lipinski definition) is 3. The predicted octanol–water partition coefficient (Wildman–Crippen LogP) is 0.261. The zero-order valence-electron chi connectivity index (χ0n) is 9.98. The molecule has 0 spiro atoms. The van der Waals surface area contributed by atoms with Crippen LogP contribution in [0.15, 0.2) is 0 Å². The summed E-state index contributed by atoms with van der Waals surface area (Å²) in [5, 5.41) is 8.72. The first-order chi connectivity index (χ1) is 7.52. The van der Waals surface area contributed by atoms with Crippen molar-refractivity contribution in [3.63, 3.8) is 0 Å². The van der Waals surface area contributed by atoms with Gasteiger partial charge in [-0.1, -0.05) is 6.92 Å². The number of rotatable bonds is 5. The molecule has 92 valence electrons. The molecular weight excluding hydrogens is 208 g/mol. The number of aliphatic carboxylic acids is 1. The first-order valence-corrected chi connectivity index (χ1v) is 5.72. The molecule has 0 saturated carbocycles. The molecule has 0 aromatic rings. The maximum absolute atomic E-state index is 11.1. The van der Waals surface area contributed by atoms with Gasteiger partial charge >= 0.3 is 5.97 Å². The highest BCUT2D eigenvalue weighted by atomic mass is 16.4. The van der Waals surface area contributed by atoms with Crippen LogP contribution in [0.5, 0.6) is 0 Å². The average Bonchev–Trinajstić information content (AvgIpc) is 2.64. The quantitative estimate of drug-likeness (QED) is 0.733. The minimum absolute atomic E-state index is 0.0903. The Morgan fingerprint density at radius 3 is 2.62 bits per heavy atom. The maximum Gasteiger partial charge on any atom is 0.317 e. The minimum atomic E-state index is -0.789. The van der Waals surface area contributed by atoms with Crippen LogP contribution in [0.1, 0.15) is 20.3 Å². The molecule has 1 aliphatic rings. The molecule has 1 fully saturated rings. The van der Waals surface area contributed by atoms with E-state index in [1.165, 1.54) is 0 Å². The van der Waals surface area contributed by atoms with Gasteiger partial charge in [-0.2, -0.15) is 0 Å². The summed E-state index contributed by atoms with van der Waals surface area (Å²) in [5.74, 6) is -0.254. The van der Waals surface area contributed by atoms with Crippen molar-refractivity contribution in [1.82, 2.24) is 9.80 Å². The number of carboxylic acid groups (broad SMARTS) is 1. The van der Waals surface area contributed by atoms with Gasteiger partial charge in [0.25, 0.3) is 0 Å². The molecule has 5 nitrogen and oxygen atoms in total. The SMILES string of the molecule is CCN(CC(=O)O)C[C@H]1CCN(C(C)=O)C1. The third-order valence-corrected chi connectivity index (χ3v) is 3.05. The van der Waals surface area contributed by atoms with E-state index in [0.717, 1.165) is 32.6 Å². The van der Waals surface area contributed by atoms with Crippen molar-refractivity contribution in [2.24, 2.45) is 5.92 Å². The van der Waals surface area contributed by atoms with Crippen LogP contribution in [0.3, 0.4) is 0 Å². The van der Waals surface area contributed by atoms with Gasteiger partial charge in [-0.05, 0) is 18.9 Å². The summed E-state index contributed by atoms with van der Waals surface area (Å²) >= 11 is 0. The van der Waals surface area contributed by atoms with Crippen molar-refractivity contribution in [3.05, 3.63) is 0 Å². The Morgan fingerprint density at radius 1 is 1.50 bits per heavy atom. The molecule has 1 amide bonds. The number of likely N-dealkylation sites (N-methyl/N-ethyl adjacent to an activating group) is 1. The summed E-state index contributed by atoms with van der Waals surface area (Å²) in [5.41, 5.74) is 0. The fraction of sp³-hybridized carbons (Fsp3) is 0.818. The number of carbonyl (C=O) groups excluding carboxylic acids is 1. The van der Waals surface area contributed by atoms with E-state index in [9.17, 15) is 9.59 Å². The zero-order valence-corrected chi connectivity index (χ0v) is 9.98. The van der Waals surface area contributed by atoms with Crippen molar-refractivity contribution < 1.29 is 14.7 Å². The number of amides is 1. The fourth-order valence-corrected chi connectivity index (χ4v) is 2.13. The normalized spacial score (nSPS) is 20.4. The van der Waals surface area contributed by atoms with Gasteiger partial charge < -0.3 is 10.0 Å². The van der Waals surface area contributed by atoms with Gasteiger partial charge in [-0.25, -0.2) is 0 Å². The summed E-state index contributed by atoms with van der Waals surface area (Å²) in [4.78, 5) is 25.5. The van der Waals surface area contributed by atoms with Gasteiger partial charge in [0.2, 0.25) is 5.91 Å². The van der Waals surface area contributed by atoms with E-state index >= 15 is 0 Å². The van der Waals surface area contributed by atoms with E-state index in [1.807, 2.05) is 16.7 Å². The Morgan fingerprint density at radius 2 is 2.19 bits per heavy atom. The molecule has 0 bridgehead atoms. The van der Waals surface area contributed by atoms with Crippen LogP contribution in [-0.2, 0) is 9.59 Å². The smallest absolute Gasteiger partial charge is 0.317 e. The first-order valence-electron chi connectivity index (χ1n) is 5.72. The van der Waals surface area contributed by atoms with Crippen LogP contribution in [-0.4, -0.2) is 59.5 Å². The van der Waals surface area contributed by atoms with Crippen molar-refractivity contribution in [1.29, 1.82) is 0 Å². The Bertz CT molecular complexity index is 268. The molecule has 0 unspecified atom stereocenters. The van der Waals surface area contributed by atoms with E-state index in [0.29, 0.717) is 5.92 Å². The van der Waals surface area contributed by atoms with Crippen molar-refractivity contribution in [2.45, 2.75) is 20.3 Å². The Kier molecular flexibility index (Phi) is 4.73. The first kappa shape index (κ1) is 13.0. The summed E-state index contributed by atoms with van der Waals surface area (Å²) in [6.07, 6.45) is 0.982. The average molecular weight is 228 g/mol. The number of carbonyl (C=O) groups is 2. The molecule has 0 aliphatic carbocycles. The van der Waals surface area contributed by atoms with Gasteiger partial charge in [0, 0.05) is 26.6 Å². The Hall–Kier alpha value is -1.10. The Labute approximate surface area is 96.0 Å². The molecule has 1 rings (SSSR count). The standard InChI is InChI=1S/C11H20N2O3/c1-3-12(8-11(15)16)6-10-4-5-13(7-10)9(2)14/h10H,3-8H2,1-2H3,(H,15,16)/t10-/m1/s1. The van der Waals surface area contributed by atoms with E-state index < -0.39 is 5.97 Å². The van der Waals surface area contributed by atoms with Crippen LogP contribution >= 0.6 is 0 Å². The van der Waals surface area contributed by atoms with Crippen molar-refractivity contribution >= 4 is 11.9 Å². The van der Waals surface area contributed by atoms with Gasteiger partial charge in [0.05, 0.1) is 6.54 Å². The number of carboxylic acids is 1. The van der Waals surface area contributed by atoms with Gasteiger partial charge in [-0.3, -0.25) is 14.5 Å². The van der Waals surface area contributed by atoms with Crippen LogP contribution in [0.2, 0.25) is 0 Å². The molecule has 1 atom stereocenters. The van der Waals surface area contributed by atoms with Gasteiger partial charge in [0.1, 0.15) is 0 Å². The highest BCUT2D eigenvalue weighted by molar-refractivity contribution is 5.73. The third kappa shape index (κ3) is 3.81. The highest BCUT2D eigenvalue weighted by Gasteiger charge is 2.25. The van der Waals surface area contributed by atoms with Crippen molar-refractivity contribution in [2.75, 3.05) is 32.7 Å². The third-order valence-electron chi connectivity index (χ3n) is 3.05. The number of hydrogen-bond donors (Lipinski definition) is 1. The summed E-state index contributed by atoms with van der Waals surface area (Å²) in [6, 6.07) is 0. The lowest BCUT2D eigenvalue weighted by Gasteiger charge is -2.22. The molecule has 1 heterocycles. The molecule has 1 N–H and O–H groups in total. The second-order valence-corrected chi connectivity index (χ2v) is 4.34. The number of likely N-dealkylation sites (tertiary alicyclic amines) is 1. The fourth-order valence-electron chi connectivity index (χ4n) is 2.13. The lowest BCUT2D eigenvalue weighted by Crippen LogP contribution is -2.35. The Balaban J connectivity index is 2.37. The van der Waals surface area contributed by atoms with Crippen molar-refractivity contribution in [3.8, 4) is 0 Å². The molecule has 0 aromatic heterocycles. The lowest BCUT2D eigenvalue weighted by molar-refractivity contribution is -0.138. The van der Waals surface area contributed by atoms with Crippen LogP contribution < -0.4 is 0 Å². The largest absolute Gasteiger partial charge is 0.480 e. The lowest BCUT2D eigenvalue weighted by atomic mass is 10.1. The van der Waals surface area contributed by atoms with Gasteiger partial charge in [-0.15, -0.1) is 0 Å². The van der Waals surface area contributed by atoms with E-state index in [1.54, 1.807) is 6.92 Å². The molecule has 16 heavy (non-hydrogen) atoms. The maximum atomic E-state index is 11.1. The molecule has 5 heteroatoms. The van der Waals surface area contributed by atoms with Gasteiger partial charge in [0.15, 0.2) is 0 Å². The van der Waals surface area contributed by atoms with E-state index in [2.05, 4.69) is 0 Å². The number of nitrogens with zero attached hydrogens (tertiary/aromatic N) is 2. The second kappa shape index (κ2) is 5.84. The highest BCUT2D eigenvalue weighted by Crippen LogP contribution is 2.17. The van der Waals surface area contributed by atoms with E-state index in [-0.39, 0.29) is 12.5 Å². The van der Waals surface area contributed by atoms with Crippen LogP contribution in [0, 0.1) is 5.92 Å². The van der Waals surface area contributed by atoms with E-state index in [4.69, 9.17) is 5.11 Å². The second-order valence-electron chi connectivity index (χ2n) is 4.34. The topological polar surface area (TPSA) is 60.9 Å². The monoisotopic (exact) mass is 228 g/mol. The summed E-state index contributed by atoms with van der Waals surface area (Å²) in [6.45, 7) is 6.72. The molecule has 0 aromatic carbocycles. The van der Waals surface area contributed by atoms with Crippen LogP contribution in [0.25, 0.3) is 0 Å². The minimum Gasteiger partial charge on any atom is -0.480 e. The zero-order chi connectivity index (χ0) is 12.1. The van der Waals surface area contributed by atoms with Crippen LogP contribution in [0.4, 0.5) is 0 Å².